The molecule has 0 saturated carbocycles. The quantitative estimate of drug-likeness (QED) is 0.449. The first-order valence-corrected chi connectivity index (χ1v) is 15.5. The topological polar surface area (TPSA) is 79.7 Å². The van der Waals surface area contributed by atoms with Gasteiger partial charge in [-0.15, -0.1) is 0 Å². The van der Waals surface area contributed by atoms with Crippen molar-refractivity contribution in [3.05, 3.63) is 66.0 Å². The van der Waals surface area contributed by atoms with E-state index in [4.69, 9.17) is 9.72 Å². The zero-order valence-electron chi connectivity index (χ0n) is 22.2. The Kier molecular flexibility index (Phi) is 7.55. The van der Waals surface area contributed by atoms with Gasteiger partial charge in [0, 0.05) is 37.8 Å². The second kappa shape index (κ2) is 11.1. The largest absolute Gasteiger partial charge is 0.379 e. The Morgan fingerprint density at radius 1 is 0.974 bits per heavy atom. The second-order valence-corrected chi connectivity index (χ2v) is 12.8. The number of piperidine rings is 1. The molecule has 4 heterocycles. The lowest BCUT2D eigenvalue weighted by molar-refractivity contribution is 0.0724. The van der Waals surface area contributed by atoms with Crippen LogP contribution < -0.4 is 4.72 Å². The normalized spacial score (nSPS) is 25.7. The fourth-order valence-corrected chi connectivity index (χ4v) is 8.17. The van der Waals surface area contributed by atoms with Crippen molar-refractivity contribution in [3.63, 3.8) is 0 Å². The summed E-state index contributed by atoms with van der Waals surface area (Å²) in [5.74, 6) is 1.24. The molecule has 4 atom stereocenters. The van der Waals surface area contributed by atoms with Crippen molar-refractivity contribution < 1.29 is 13.2 Å². The van der Waals surface area contributed by atoms with Crippen molar-refractivity contribution in [2.75, 3.05) is 39.4 Å². The standard InChI is InChI=1S/C29H39N5O3S/c1-22-31-28-9-5-6-10-29(28)34(22)27-19-25-11-12-26(20-27)33(25)14-13-24(23-7-3-2-4-8-23)21-30-38(35,36)32-15-17-37-18-16-32/h2-10,24-27,30H,11-21H2,1H3/t24?,25-,26+,27?. The van der Waals surface area contributed by atoms with E-state index in [1.165, 1.54) is 28.2 Å². The van der Waals surface area contributed by atoms with Gasteiger partial charge in [-0.1, -0.05) is 42.5 Å². The molecule has 3 saturated heterocycles. The number of hydrogen-bond donors (Lipinski definition) is 1. The maximum Gasteiger partial charge on any atom is 0.279 e. The summed E-state index contributed by atoms with van der Waals surface area (Å²) < 4.78 is 38.1. The van der Waals surface area contributed by atoms with Crippen LogP contribution in [0.3, 0.4) is 0 Å². The molecule has 2 unspecified atom stereocenters. The number of hydrogen-bond acceptors (Lipinski definition) is 5. The summed E-state index contributed by atoms with van der Waals surface area (Å²) in [7, 11) is -3.51. The molecule has 0 spiro atoms. The average molecular weight is 538 g/mol. The van der Waals surface area contributed by atoms with Crippen LogP contribution in [-0.4, -0.2) is 78.7 Å². The molecule has 3 fully saturated rings. The third-order valence-electron chi connectivity index (χ3n) is 8.83. The lowest BCUT2D eigenvalue weighted by atomic mass is 9.93. The molecule has 3 aliphatic rings. The molecule has 38 heavy (non-hydrogen) atoms. The van der Waals surface area contributed by atoms with E-state index in [2.05, 4.69) is 57.5 Å². The molecule has 1 N–H and O–H groups in total. The van der Waals surface area contributed by atoms with Crippen molar-refractivity contribution in [1.82, 2.24) is 23.5 Å². The zero-order chi connectivity index (χ0) is 26.1. The molecule has 0 radical (unpaired) electrons. The van der Waals surface area contributed by atoms with Gasteiger partial charge in [-0.05, 0) is 69.2 Å². The van der Waals surface area contributed by atoms with E-state index in [9.17, 15) is 8.42 Å². The molecule has 0 amide bonds. The van der Waals surface area contributed by atoms with E-state index in [1.807, 2.05) is 18.2 Å². The van der Waals surface area contributed by atoms with Crippen LogP contribution >= 0.6 is 0 Å². The van der Waals surface area contributed by atoms with Crippen molar-refractivity contribution in [2.24, 2.45) is 0 Å². The third kappa shape index (κ3) is 5.27. The first kappa shape index (κ1) is 26.0. The molecular weight excluding hydrogens is 498 g/mol. The molecule has 8 nitrogen and oxygen atoms in total. The van der Waals surface area contributed by atoms with Gasteiger partial charge in [0.05, 0.1) is 24.2 Å². The molecule has 6 rings (SSSR count). The van der Waals surface area contributed by atoms with Crippen LogP contribution in [0, 0.1) is 6.92 Å². The van der Waals surface area contributed by atoms with Gasteiger partial charge in [-0.2, -0.15) is 12.7 Å². The molecule has 0 aliphatic carbocycles. The van der Waals surface area contributed by atoms with Crippen LogP contribution in [0.1, 0.15) is 55.5 Å². The zero-order valence-corrected chi connectivity index (χ0v) is 23.0. The minimum absolute atomic E-state index is 0.129. The van der Waals surface area contributed by atoms with E-state index in [0.29, 0.717) is 51.0 Å². The Bertz CT molecular complexity index is 1320. The highest BCUT2D eigenvalue weighted by Gasteiger charge is 2.41. The number of aryl methyl sites for hydroxylation is 1. The second-order valence-electron chi connectivity index (χ2n) is 11.0. The fraction of sp³-hybridized carbons (Fsp3) is 0.552. The Morgan fingerprint density at radius 2 is 1.66 bits per heavy atom. The van der Waals surface area contributed by atoms with Gasteiger partial charge in [0.1, 0.15) is 5.82 Å². The van der Waals surface area contributed by atoms with Gasteiger partial charge in [-0.25, -0.2) is 9.71 Å². The summed E-state index contributed by atoms with van der Waals surface area (Å²) in [4.78, 5) is 7.55. The minimum atomic E-state index is -3.51. The molecule has 3 aromatic rings. The Labute approximate surface area is 226 Å². The molecular formula is C29H39N5O3S. The summed E-state index contributed by atoms with van der Waals surface area (Å²) >= 11 is 0. The molecule has 9 heteroatoms. The smallest absolute Gasteiger partial charge is 0.279 e. The Hall–Kier alpha value is -2.30. The number of benzene rings is 2. The summed E-state index contributed by atoms with van der Waals surface area (Å²) in [5, 5.41) is 0. The van der Waals surface area contributed by atoms with Crippen LogP contribution in [-0.2, 0) is 14.9 Å². The van der Waals surface area contributed by atoms with Gasteiger partial charge in [0.25, 0.3) is 10.2 Å². The number of imidazole rings is 1. The SMILES string of the molecule is Cc1nc2ccccc2n1C1C[C@H]2CC[C@@H](C1)N2CCC(CNS(=O)(=O)N1CCOCC1)c1ccccc1. The number of nitrogens with one attached hydrogen (secondary N) is 1. The highest BCUT2D eigenvalue weighted by Crippen LogP contribution is 2.42. The lowest BCUT2D eigenvalue weighted by Crippen LogP contribution is -2.48. The molecule has 2 bridgehead atoms. The van der Waals surface area contributed by atoms with E-state index in [-0.39, 0.29) is 5.92 Å². The summed E-state index contributed by atoms with van der Waals surface area (Å²) in [6.07, 6.45) is 5.72. The van der Waals surface area contributed by atoms with Gasteiger partial charge in [-0.3, -0.25) is 4.90 Å². The van der Waals surface area contributed by atoms with E-state index in [1.54, 1.807) is 0 Å². The molecule has 2 aromatic carbocycles. The van der Waals surface area contributed by atoms with Gasteiger partial charge >= 0.3 is 0 Å². The average Bonchev–Trinajstić information content (AvgIpc) is 3.40. The highest BCUT2D eigenvalue weighted by atomic mass is 32.2. The van der Waals surface area contributed by atoms with E-state index < -0.39 is 10.2 Å². The van der Waals surface area contributed by atoms with Gasteiger partial charge < -0.3 is 9.30 Å². The van der Waals surface area contributed by atoms with E-state index >= 15 is 0 Å². The maximum atomic E-state index is 13.0. The van der Waals surface area contributed by atoms with Crippen LogP contribution in [0.15, 0.2) is 54.6 Å². The van der Waals surface area contributed by atoms with Gasteiger partial charge in [0.2, 0.25) is 0 Å². The molecule has 204 valence electrons. The number of ether oxygens (including phenoxy) is 1. The number of rotatable bonds is 9. The Morgan fingerprint density at radius 3 is 2.39 bits per heavy atom. The summed E-state index contributed by atoms with van der Waals surface area (Å²) in [6.45, 7) is 5.27. The minimum Gasteiger partial charge on any atom is -0.379 e. The highest BCUT2D eigenvalue weighted by molar-refractivity contribution is 7.87. The fourth-order valence-electron chi connectivity index (χ4n) is 6.95. The van der Waals surface area contributed by atoms with Crippen LogP contribution in [0.25, 0.3) is 11.0 Å². The van der Waals surface area contributed by atoms with Crippen molar-refractivity contribution in [1.29, 1.82) is 0 Å². The van der Waals surface area contributed by atoms with E-state index in [0.717, 1.165) is 37.1 Å². The summed E-state index contributed by atoms with van der Waals surface area (Å²) in [6, 6.07) is 20.5. The predicted molar refractivity (Wildman–Crippen MR) is 149 cm³/mol. The monoisotopic (exact) mass is 537 g/mol. The van der Waals surface area contributed by atoms with Crippen LogP contribution in [0.5, 0.6) is 0 Å². The Balaban J connectivity index is 1.13. The first-order valence-electron chi connectivity index (χ1n) is 14.1. The predicted octanol–water partition coefficient (Wildman–Crippen LogP) is 3.85. The lowest BCUT2D eigenvalue weighted by Gasteiger charge is -2.40. The van der Waals surface area contributed by atoms with Crippen molar-refractivity contribution in [3.8, 4) is 0 Å². The third-order valence-corrected chi connectivity index (χ3v) is 10.4. The molecule has 3 aliphatic heterocycles. The number of nitrogens with zero attached hydrogens (tertiary/aromatic N) is 4. The summed E-state index contributed by atoms with van der Waals surface area (Å²) in [5.41, 5.74) is 3.53. The first-order chi connectivity index (χ1) is 18.5. The number of fused-ring (bicyclic) bond motifs is 3. The van der Waals surface area contributed by atoms with Crippen LogP contribution in [0.2, 0.25) is 0 Å². The van der Waals surface area contributed by atoms with Gasteiger partial charge in [0.15, 0.2) is 0 Å². The van der Waals surface area contributed by atoms with Crippen molar-refractivity contribution >= 4 is 21.2 Å². The number of para-hydroxylation sites is 2. The van der Waals surface area contributed by atoms with Crippen LogP contribution in [0.4, 0.5) is 0 Å². The van der Waals surface area contributed by atoms with Crippen molar-refractivity contribution in [2.45, 2.75) is 63.1 Å². The maximum absolute atomic E-state index is 13.0. The molecule has 1 aromatic heterocycles. The number of aromatic nitrogens is 2. The number of morpholine rings is 1.